The molecule has 1 fully saturated rings. The minimum Gasteiger partial charge on any atom is -0.493 e. The van der Waals surface area contributed by atoms with Gasteiger partial charge in [-0.2, -0.15) is 8.42 Å². The molecule has 0 bridgehead atoms. The number of benzene rings is 2. The molecule has 0 atom stereocenters. The molecule has 170 valence electrons. The molecule has 0 aromatic heterocycles. The molecule has 2 aliphatic rings. The van der Waals surface area contributed by atoms with Crippen LogP contribution in [0.4, 0.5) is 11.4 Å². The summed E-state index contributed by atoms with van der Waals surface area (Å²) in [4.78, 5) is 13.1. The molecule has 0 saturated heterocycles. The number of para-hydroxylation sites is 1. The lowest BCUT2D eigenvalue weighted by Gasteiger charge is -2.30. The first-order chi connectivity index (χ1) is 15.3. The third kappa shape index (κ3) is 4.57. The van der Waals surface area contributed by atoms with Gasteiger partial charge < -0.3 is 20.1 Å². The van der Waals surface area contributed by atoms with E-state index in [0.29, 0.717) is 35.1 Å². The van der Waals surface area contributed by atoms with E-state index < -0.39 is 10.0 Å². The number of rotatable bonds is 7. The van der Waals surface area contributed by atoms with Crippen LogP contribution in [-0.4, -0.2) is 34.4 Å². The molecule has 0 unspecified atom stereocenters. The Bertz CT molecular complexity index is 1150. The first-order valence-electron chi connectivity index (χ1n) is 10.6. The number of anilines is 2. The summed E-state index contributed by atoms with van der Waals surface area (Å²) in [7, 11) is -0.653. The van der Waals surface area contributed by atoms with Crippen molar-refractivity contribution in [2.75, 3.05) is 24.9 Å². The SMILES string of the molecule is COc1ccc(NC(=O)CC2(CC3=NS(=O)(=O)c4ccccc4N3)CCCC2)cc1OC. The number of carbonyl (C=O) groups is 1. The zero-order valence-electron chi connectivity index (χ0n) is 18.2. The largest absolute Gasteiger partial charge is 0.493 e. The Balaban J connectivity index is 1.50. The van der Waals surface area contributed by atoms with Crippen LogP contribution >= 0.6 is 0 Å². The van der Waals surface area contributed by atoms with E-state index in [9.17, 15) is 13.2 Å². The summed E-state index contributed by atoms with van der Waals surface area (Å²) in [6.45, 7) is 0. The predicted molar refractivity (Wildman–Crippen MR) is 123 cm³/mol. The molecule has 9 heteroatoms. The van der Waals surface area contributed by atoms with Crippen molar-refractivity contribution in [3.8, 4) is 11.5 Å². The van der Waals surface area contributed by atoms with Crippen LogP contribution in [0, 0.1) is 5.41 Å². The molecule has 1 aliphatic heterocycles. The molecule has 2 aromatic carbocycles. The lowest BCUT2D eigenvalue weighted by Crippen LogP contribution is -2.32. The van der Waals surface area contributed by atoms with Crippen molar-refractivity contribution >= 4 is 33.1 Å². The maximum Gasteiger partial charge on any atom is 0.286 e. The highest BCUT2D eigenvalue weighted by Crippen LogP contribution is 2.45. The Hall–Kier alpha value is -3.07. The highest BCUT2D eigenvalue weighted by atomic mass is 32.2. The van der Waals surface area contributed by atoms with Crippen LogP contribution in [-0.2, 0) is 14.8 Å². The summed E-state index contributed by atoms with van der Waals surface area (Å²) >= 11 is 0. The van der Waals surface area contributed by atoms with Gasteiger partial charge in [0.15, 0.2) is 11.5 Å². The summed E-state index contributed by atoms with van der Waals surface area (Å²) in [5, 5.41) is 6.10. The summed E-state index contributed by atoms with van der Waals surface area (Å²) in [6.07, 6.45) is 4.37. The molecule has 1 amide bonds. The van der Waals surface area contributed by atoms with Gasteiger partial charge >= 0.3 is 0 Å². The Morgan fingerprint density at radius 2 is 1.81 bits per heavy atom. The second kappa shape index (κ2) is 8.82. The topological polar surface area (TPSA) is 106 Å². The number of ether oxygens (including phenoxy) is 2. The molecule has 0 radical (unpaired) electrons. The number of carbonyl (C=O) groups excluding carboxylic acids is 1. The van der Waals surface area contributed by atoms with Gasteiger partial charge in [-0.05, 0) is 42.5 Å². The van der Waals surface area contributed by atoms with Gasteiger partial charge in [0.1, 0.15) is 10.7 Å². The first kappa shape index (κ1) is 22.1. The minimum absolute atomic E-state index is 0.126. The van der Waals surface area contributed by atoms with E-state index in [-0.39, 0.29) is 22.6 Å². The number of sulfonamides is 1. The number of nitrogens with zero attached hydrogens (tertiary/aromatic N) is 1. The van der Waals surface area contributed by atoms with E-state index >= 15 is 0 Å². The average molecular weight is 458 g/mol. The third-order valence-corrected chi connectivity index (χ3v) is 7.46. The van der Waals surface area contributed by atoms with E-state index in [4.69, 9.17) is 9.47 Å². The normalized spacial score (nSPS) is 18.1. The van der Waals surface area contributed by atoms with E-state index in [1.807, 2.05) is 0 Å². The summed E-state index contributed by atoms with van der Waals surface area (Å²) in [5.41, 5.74) is 0.805. The van der Waals surface area contributed by atoms with Crippen molar-refractivity contribution in [3.63, 3.8) is 0 Å². The van der Waals surface area contributed by atoms with Crippen LogP contribution in [0.15, 0.2) is 51.8 Å². The molecular weight excluding hydrogens is 430 g/mol. The summed E-state index contributed by atoms with van der Waals surface area (Å²) in [5.74, 6) is 1.38. The van der Waals surface area contributed by atoms with Crippen molar-refractivity contribution in [2.45, 2.75) is 43.4 Å². The zero-order chi connectivity index (χ0) is 22.8. The van der Waals surface area contributed by atoms with Gasteiger partial charge in [0.05, 0.1) is 19.9 Å². The quantitative estimate of drug-likeness (QED) is 0.646. The van der Waals surface area contributed by atoms with Crippen LogP contribution in [0.3, 0.4) is 0 Å². The average Bonchev–Trinajstić information content (AvgIpc) is 3.20. The first-order valence-corrected chi connectivity index (χ1v) is 12.0. The second-order valence-electron chi connectivity index (χ2n) is 8.31. The maximum absolute atomic E-state index is 12.9. The number of hydrogen-bond donors (Lipinski definition) is 2. The molecule has 1 saturated carbocycles. The Kier molecular flexibility index (Phi) is 6.10. The fourth-order valence-electron chi connectivity index (χ4n) is 4.60. The molecule has 2 aromatic rings. The van der Waals surface area contributed by atoms with Crippen LogP contribution in [0.2, 0.25) is 0 Å². The molecule has 32 heavy (non-hydrogen) atoms. The Labute approximate surface area is 188 Å². The van der Waals surface area contributed by atoms with E-state index in [2.05, 4.69) is 15.0 Å². The van der Waals surface area contributed by atoms with Crippen molar-refractivity contribution < 1.29 is 22.7 Å². The Morgan fingerprint density at radius 3 is 2.53 bits per heavy atom. The van der Waals surface area contributed by atoms with Gasteiger partial charge in [0, 0.05) is 24.6 Å². The third-order valence-electron chi connectivity index (χ3n) is 6.08. The smallest absolute Gasteiger partial charge is 0.286 e. The van der Waals surface area contributed by atoms with Crippen molar-refractivity contribution in [3.05, 3.63) is 42.5 Å². The number of fused-ring (bicyclic) bond motifs is 1. The van der Waals surface area contributed by atoms with Crippen LogP contribution in [0.1, 0.15) is 38.5 Å². The van der Waals surface area contributed by atoms with Gasteiger partial charge in [0.25, 0.3) is 10.0 Å². The number of amides is 1. The standard InChI is InChI=1S/C23H27N3O5S/c1-30-18-10-9-16(13-19(18)31-2)24-22(27)15-23(11-5-6-12-23)14-21-25-17-7-3-4-8-20(17)32(28,29)26-21/h3-4,7-10,13H,5-6,11-12,14-15H2,1-2H3,(H,24,27)(H,25,26). The van der Waals surface area contributed by atoms with Crippen molar-refractivity contribution in [1.29, 1.82) is 0 Å². The number of methoxy groups -OCH3 is 2. The van der Waals surface area contributed by atoms with Gasteiger partial charge in [-0.25, -0.2) is 0 Å². The van der Waals surface area contributed by atoms with Crippen LogP contribution < -0.4 is 20.1 Å². The van der Waals surface area contributed by atoms with Crippen molar-refractivity contribution in [1.82, 2.24) is 0 Å². The molecule has 4 rings (SSSR count). The highest BCUT2D eigenvalue weighted by Gasteiger charge is 2.39. The molecule has 2 N–H and O–H groups in total. The summed E-state index contributed by atoms with van der Waals surface area (Å²) in [6, 6.07) is 11.9. The van der Waals surface area contributed by atoms with Gasteiger partial charge in [-0.3, -0.25) is 4.79 Å². The van der Waals surface area contributed by atoms with Crippen LogP contribution in [0.25, 0.3) is 0 Å². The van der Waals surface area contributed by atoms with Gasteiger partial charge in [-0.15, -0.1) is 4.40 Å². The predicted octanol–water partition coefficient (Wildman–Crippen LogP) is 4.20. The molecule has 1 aliphatic carbocycles. The number of nitrogens with one attached hydrogen (secondary N) is 2. The van der Waals surface area contributed by atoms with Gasteiger partial charge in [0.2, 0.25) is 5.91 Å². The van der Waals surface area contributed by atoms with Crippen LogP contribution in [0.5, 0.6) is 11.5 Å². The zero-order valence-corrected chi connectivity index (χ0v) is 19.0. The molecule has 0 spiro atoms. The maximum atomic E-state index is 12.9. The monoisotopic (exact) mass is 457 g/mol. The fraction of sp³-hybridized carbons (Fsp3) is 0.391. The molecular formula is C23H27N3O5S. The highest BCUT2D eigenvalue weighted by molar-refractivity contribution is 7.90. The number of hydrogen-bond acceptors (Lipinski definition) is 6. The molecule has 1 heterocycles. The lowest BCUT2D eigenvalue weighted by molar-refractivity contribution is -0.118. The fourth-order valence-corrected chi connectivity index (χ4v) is 5.75. The molecule has 8 nitrogen and oxygen atoms in total. The van der Waals surface area contributed by atoms with E-state index in [1.54, 1.807) is 56.7 Å². The Morgan fingerprint density at radius 1 is 1.09 bits per heavy atom. The summed E-state index contributed by atoms with van der Waals surface area (Å²) < 4.78 is 39.8. The second-order valence-corrected chi connectivity index (χ2v) is 9.89. The van der Waals surface area contributed by atoms with E-state index in [0.717, 1.165) is 25.7 Å². The number of amidine groups is 1. The van der Waals surface area contributed by atoms with Crippen molar-refractivity contribution in [2.24, 2.45) is 9.81 Å². The minimum atomic E-state index is -3.75. The van der Waals surface area contributed by atoms with E-state index in [1.165, 1.54) is 0 Å². The van der Waals surface area contributed by atoms with Gasteiger partial charge in [-0.1, -0.05) is 25.0 Å². The lowest BCUT2D eigenvalue weighted by atomic mass is 9.78.